The van der Waals surface area contributed by atoms with Gasteiger partial charge in [0.1, 0.15) is 0 Å². The van der Waals surface area contributed by atoms with Crippen molar-refractivity contribution in [1.82, 2.24) is 9.80 Å². The van der Waals surface area contributed by atoms with Crippen molar-refractivity contribution in [2.75, 3.05) is 19.6 Å². The minimum atomic E-state index is -0.966. The Bertz CT molecular complexity index is 523. The Morgan fingerprint density at radius 2 is 1.71 bits per heavy atom. The average molecular weight is 340 g/mol. The summed E-state index contributed by atoms with van der Waals surface area (Å²) in [5.74, 6) is -1.14. The topological polar surface area (TPSA) is 98.2 Å². The van der Waals surface area contributed by atoms with Crippen LogP contribution in [0.3, 0.4) is 0 Å². The second-order valence-electron chi connectivity index (χ2n) is 7.75. The van der Waals surface area contributed by atoms with Crippen molar-refractivity contribution in [3.05, 3.63) is 0 Å². The van der Waals surface area contributed by atoms with Crippen molar-refractivity contribution in [2.24, 2.45) is 5.41 Å². The predicted molar refractivity (Wildman–Crippen MR) is 87.2 cm³/mol. The number of carbonyl (C=O) groups excluding carboxylic acids is 2. The normalized spacial score (nSPS) is 25.6. The van der Waals surface area contributed by atoms with Gasteiger partial charge in [0.15, 0.2) is 0 Å². The Kier molecular flexibility index (Phi) is 5.22. The average Bonchev–Trinajstić information content (AvgIpc) is 2.49. The molecule has 7 heteroatoms. The summed E-state index contributed by atoms with van der Waals surface area (Å²) in [6, 6.07) is 0. The lowest BCUT2D eigenvalue weighted by molar-refractivity contribution is -0.159. The number of nitrogens with zero attached hydrogens (tertiary/aromatic N) is 2. The molecule has 7 nitrogen and oxygen atoms in total. The molecule has 2 amide bonds. The molecule has 24 heavy (non-hydrogen) atoms. The van der Waals surface area contributed by atoms with Gasteiger partial charge < -0.3 is 20.0 Å². The van der Waals surface area contributed by atoms with Gasteiger partial charge in [0.05, 0.1) is 18.1 Å². The molecular weight excluding hydrogens is 312 g/mol. The van der Waals surface area contributed by atoms with Crippen molar-refractivity contribution in [3.63, 3.8) is 0 Å². The molecule has 0 aliphatic carbocycles. The molecule has 2 saturated heterocycles. The maximum absolute atomic E-state index is 12.1. The fourth-order valence-corrected chi connectivity index (χ4v) is 3.93. The third kappa shape index (κ3) is 3.71. The predicted octanol–water partition coefficient (Wildman–Crippen LogP) is 0.852. The van der Waals surface area contributed by atoms with E-state index < -0.39 is 17.6 Å². The number of carboxylic acid groups (broad SMARTS) is 1. The van der Waals surface area contributed by atoms with Crippen LogP contribution in [0, 0.1) is 5.41 Å². The summed E-state index contributed by atoms with van der Waals surface area (Å²) in [5, 5.41) is 19.2. The Labute approximate surface area is 142 Å². The highest BCUT2D eigenvalue weighted by atomic mass is 16.4. The number of aliphatic carboxylic acids is 1. The molecule has 1 spiro atoms. The molecule has 0 aromatic carbocycles. The van der Waals surface area contributed by atoms with Gasteiger partial charge in [-0.05, 0) is 38.5 Å². The maximum atomic E-state index is 12.1. The molecular formula is C17H28N2O5. The van der Waals surface area contributed by atoms with Crippen molar-refractivity contribution in [1.29, 1.82) is 0 Å². The summed E-state index contributed by atoms with van der Waals surface area (Å²) in [7, 11) is 0. The summed E-state index contributed by atoms with van der Waals surface area (Å²) in [4.78, 5) is 38.1. The van der Waals surface area contributed by atoms with Gasteiger partial charge in [-0.3, -0.25) is 14.4 Å². The first kappa shape index (κ1) is 18.7. The van der Waals surface area contributed by atoms with Crippen LogP contribution in [0.5, 0.6) is 0 Å². The van der Waals surface area contributed by atoms with Crippen LogP contribution in [0.25, 0.3) is 0 Å². The van der Waals surface area contributed by atoms with E-state index in [0.29, 0.717) is 26.1 Å². The zero-order chi connectivity index (χ0) is 18.1. The van der Waals surface area contributed by atoms with Gasteiger partial charge in [-0.2, -0.15) is 0 Å². The van der Waals surface area contributed by atoms with Crippen LogP contribution in [0.1, 0.15) is 52.9 Å². The van der Waals surface area contributed by atoms with Crippen LogP contribution in [0.15, 0.2) is 0 Å². The van der Waals surface area contributed by atoms with E-state index in [0.717, 1.165) is 12.8 Å². The van der Waals surface area contributed by atoms with Gasteiger partial charge >= 0.3 is 5.97 Å². The number of rotatable bonds is 3. The van der Waals surface area contributed by atoms with Crippen LogP contribution in [-0.2, 0) is 14.4 Å². The van der Waals surface area contributed by atoms with E-state index in [9.17, 15) is 19.5 Å². The molecule has 0 aromatic rings. The second kappa shape index (κ2) is 6.70. The lowest BCUT2D eigenvalue weighted by Gasteiger charge is -2.55. The molecule has 1 atom stereocenters. The first-order valence-corrected chi connectivity index (χ1v) is 8.53. The van der Waals surface area contributed by atoms with Gasteiger partial charge in [0.2, 0.25) is 11.8 Å². The Morgan fingerprint density at radius 1 is 1.12 bits per heavy atom. The monoisotopic (exact) mass is 340 g/mol. The summed E-state index contributed by atoms with van der Waals surface area (Å²) >= 11 is 0. The largest absolute Gasteiger partial charge is 0.481 e. The van der Waals surface area contributed by atoms with E-state index >= 15 is 0 Å². The molecule has 2 rings (SSSR count). The highest BCUT2D eigenvalue weighted by Crippen LogP contribution is 2.45. The van der Waals surface area contributed by atoms with Gasteiger partial charge in [-0.1, -0.05) is 0 Å². The van der Waals surface area contributed by atoms with Crippen molar-refractivity contribution in [2.45, 2.75) is 64.5 Å². The van der Waals surface area contributed by atoms with E-state index in [1.54, 1.807) is 9.80 Å². The molecule has 0 unspecified atom stereocenters. The van der Waals surface area contributed by atoms with Gasteiger partial charge in [0.25, 0.3) is 0 Å². The zero-order valence-corrected chi connectivity index (χ0v) is 14.7. The summed E-state index contributed by atoms with van der Waals surface area (Å²) in [5.41, 5.74) is -0.740. The highest BCUT2D eigenvalue weighted by molar-refractivity contribution is 5.80. The van der Waals surface area contributed by atoms with E-state index in [1.807, 2.05) is 13.8 Å². The number of aliphatic hydroxyl groups excluding tert-OH is 1. The summed E-state index contributed by atoms with van der Waals surface area (Å²) in [6.45, 7) is 7.00. The van der Waals surface area contributed by atoms with E-state index in [4.69, 9.17) is 5.11 Å². The molecule has 0 saturated carbocycles. The molecule has 2 N–H and O–H groups in total. The van der Waals surface area contributed by atoms with Gasteiger partial charge in [-0.15, -0.1) is 0 Å². The highest BCUT2D eigenvalue weighted by Gasteiger charge is 2.50. The first-order valence-electron chi connectivity index (χ1n) is 8.53. The van der Waals surface area contributed by atoms with E-state index in [1.165, 1.54) is 6.92 Å². The molecule has 0 radical (unpaired) electrons. The third-order valence-electron chi connectivity index (χ3n) is 5.74. The Balaban J connectivity index is 2.01. The van der Waals surface area contributed by atoms with E-state index in [2.05, 4.69) is 0 Å². The summed E-state index contributed by atoms with van der Waals surface area (Å²) in [6.07, 6.45) is 1.36. The standard InChI is InChI=1S/C17H28N2O5/c1-12(20)19-11-17(10-13(21)16(19,2)3)6-8-18(9-7-17)14(22)4-5-15(23)24/h13,21H,4-11H2,1-3H3,(H,23,24)/t13-/m1/s1. The molecule has 2 aliphatic rings. The van der Waals surface area contributed by atoms with Crippen LogP contribution in [-0.4, -0.2) is 69.1 Å². The Morgan fingerprint density at radius 3 is 2.21 bits per heavy atom. The SMILES string of the molecule is CC(=O)N1CC2(CCN(C(=O)CCC(=O)O)CC2)C[C@@H](O)C1(C)C. The third-order valence-corrected chi connectivity index (χ3v) is 5.74. The fraction of sp³-hybridized carbons (Fsp3) is 0.824. The van der Waals surface area contributed by atoms with Gasteiger partial charge in [0, 0.05) is 33.0 Å². The number of amides is 2. The number of carbonyl (C=O) groups is 3. The quantitative estimate of drug-likeness (QED) is 0.794. The molecule has 136 valence electrons. The number of aliphatic hydroxyl groups is 1. The van der Waals surface area contributed by atoms with Crippen molar-refractivity contribution >= 4 is 17.8 Å². The molecule has 2 fully saturated rings. The molecule has 2 aliphatic heterocycles. The lowest BCUT2D eigenvalue weighted by atomic mass is 9.67. The van der Waals surface area contributed by atoms with Crippen LogP contribution >= 0.6 is 0 Å². The molecule has 2 heterocycles. The number of hydrogen-bond acceptors (Lipinski definition) is 4. The first-order chi connectivity index (χ1) is 11.1. The smallest absolute Gasteiger partial charge is 0.303 e. The minimum absolute atomic E-state index is 0.0254. The number of piperidine rings is 2. The van der Waals surface area contributed by atoms with Crippen LogP contribution in [0.2, 0.25) is 0 Å². The number of carboxylic acids is 1. The van der Waals surface area contributed by atoms with Crippen LogP contribution < -0.4 is 0 Å². The maximum Gasteiger partial charge on any atom is 0.303 e. The fourth-order valence-electron chi connectivity index (χ4n) is 3.93. The zero-order valence-electron chi connectivity index (χ0n) is 14.7. The molecule has 0 bridgehead atoms. The summed E-state index contributed by atoms with van der Waals surface area (Å²) < 4.78 is 0. The Hall–Kier alpha value is -1.63. The van der Waals surface area contributed by atoms with Crippen LogP contribution in [0.4, 0.5) is 0 Å². The van der Waals surface area contributed by atoms with Crippen molar-refractivity contribution < 1.29 is 24.6 Å². The molecule has 0 aromatic heterocycles. The van der Waals surface area contributed by atoms with E-state index in [-0.39, 0.29) is 30.1 Å². The number of hydrogen-bond donors (Lipinski definition) is 2. The minimum Gasteiger partial charge on any atom is -0.481 e. The second-order valence-corrected chi connectivity index (χ2v) is 7.75. The van der Waals surface area contributed by atoms with Crippen molar-refractivity contribution in [3.8, 4) is 0 Å². The number of likely N-dealkylation sites (tertiary alicyclic amines) is 2. The lowest BCUT2D eigenvalue weighted by Crippen LogP contribution is -2.64. The van der Waals surface area contributed by atoms with Gasteiger partial charge in [-0.25, -0.2) is 0 Å².